The minimum atomic E-state index is -0.995. The van der Waals surface area contributed by atoms with Crippen LogP contribution in [0.5, 0.6) is 0 Å². The summed E-state index contributed by atoms with van der Waals surface area (Å²) in [4.78, 5) is 23.3. The van der Waals surface area contributed by atoms with Gasteiger partial charge in [0, 0.05) is 6.42 Å². The van der Waals surface area contributed by atoms with E-state index in [1.54, 1.807) is 20.8 Å². The van der Waals surface area contributed by atoms with Gasteiger partial charge in [-0.05, 0) is 36.1 Å². The predicted octanol–water partition coefficient (Wildman–Crippen LogP) is 2.39. The highest BCUT2D eigenvalue weighted by Gasteiger charge is 2.33. The number of carbonyl (C=O) groups excluding carboxylic acids is 1. The molecule has 0 saturated carbocycles. The Labute approximate surface area is 128 Å². The second kappa shape index (κ2) is 7.78. The average molecular weight is 300 g/mol. The molecule has 0 aliphatic carbocycles. The first-order valence-corrected chi connectivity index (χ1v) is 7.61. The molecule has 21 heavy (non-hydrogen) atoms. The summed E-state index contributed by atoms with van der Waals surface area (Å²) in [5, 5.41) is 11.9. The minimum Gasteiger partial charge on any atom is -0.480 e. The monoisotopic (exact) mass is 300 g/mol. The first-order valence-electron chi connectivity index (χ1n) is 7.61. The number of carboxylic acid groups (broad SMARTS) is 1. The van der Waals surface area contributed by atoms with Crippen molar-refractivity contribution in [1.82, 2.24) is 5.32 Å². The summed E-state index contributed by atoms with van der Waals surface area (Å²) in [5.41, 5.74) is 5.21. The molecule has 0 saturated heterocycles. The maximum absolute atomic E-state index is 12.0. The van der Waals surface area contributed by atoms with Gasteiger partial charge >= 0.3 is 5.97 Å². The van der Waals surface area contributed by atoms with Crippen molar-refractivity contribution in [2.24, 2.45) is 22.5 Å². The summed E-state index contributed by atoms with van der Waals surface area (Å²) in [5.74, 6) is -0.847. The van der Waals surface area contributed by atoms with Crippen LogP contribution < -0.4 is 11.1 Å². The summed E-state index contributed by atoms with van der Waals surface area (Å²) >= 11 is 0. The highest BCUT2D eigenvalue weighted by Crippen LogP contribution is 2.32. The van der Waals surface area contributed by atoms with Gasteiger partial charge in [0.05, 0.1) is 0 Å². The SMILES string of the molecule is CC(C)(C)C(CCN)CCC(=O)NC(C(=O)O)C(C)(C)C. The van der Waals surface area contributed by atoms with Crippen LogP contribution in [0.2, 0.25) is 0 Å². The molecule has 0 heterocycles. The fraction of sp³-hybridized carbons (Fsp3) is 0.875. The van der Waals surface area contributed by atoms with Gasteiger partial charge in [0.2, 0.25) is 5.91 Å². The summed E-state index contributed by atoms with van der Waals surface area (Å²) in [6, 6.07) is -0.868. The Kier molecular flexibility index (Phi) is 7.37. The van der Waals surface area contributed by atoms with Crippen molar-refractivity contribution in [2.75, 3.05) is 6.54 Å². The zero-order valence-electron chi connectivity index (χ0n) is 14.3. The highest BCUT2D eigenvalue weighted by molar-refractivity contribution is 5.84. The van der Waals surface area contributed by atoms with Crippen LogP contribution in [-0.2, 0) is 9.59 Å². The lowest BCUT2D eigenvalue weighted by Crippen LogP contribution is -2.49. The third-order valence-corrected chi connectivity index (χ3v) is 3.88. The fourth-order valence-corrected chi connectivity index (χ4v) is 2.40. The van der Waals surface area contributed by atoms with Gasteiger partial charge in [0.1, 0.15) is 6.04 Å². The molecule has 0 aliphatic rings. The van der Waals surface area contributed by atoms with Crippen LogP contribution in [0.3, 0.4) is 0 Å². The first kappa shape index (κ1) is 19.9. The Bertz CT molecular complexity index is 354. The first-order chi connectivity index (χ1) is 9.39. The van der Waals surface area contributed by atoms with Gasteiger partial charge in [-0.2, -0.15) is 0 Å². The predicted molar refractivity (Wildman–Crippen MR) is 84.9 cm³/mol. The summed E-state index contributed by atoms with van der Waals surface area (Å²) < 4.78 is 0. The summed E-state index contributed by atoms with van der Waals surface area (Å²) in [6.07, 6.45) is 1.93. The molecule has 1 amide bonds. The van der Waals surface area contributed by atoms with Crippen molar-refractivity contribution < 1.29 is 14.7 Å². The molecule has 4 N–H and O–H groups in total. The Balaban J connectivity index is 4.58. The lowest BCUT2D eigenvalue weighted by molar-refractivity contribution is -0.145. The van der Waals surface area contributed by atoms with E-state index in [0.29, 0.717) is 18.9 Å². The van der Waals surface area contributed by atoms with Crippen LogP contribution in [0.15, 0.2) is 0 Å². The molecular weight excluding hydrogens is 268 g/mol. The average Bonchev–Trinajstić information content (AvgIpc) is 2.28. The molecule has 0 aromatic heterocycles. The van der Waals surface area contributed by atoms with Gasteiger partial charge in [-0.3, -0.25) is 4.79 Å². The maximum Gasteiger partial charge on any atom is 0.326 e. The van der Waals surface area contributed by atoms with E-state index in [-0.39, 0.29) is 11.3 Å². The van der Waals surface area contributed by atoms with Gasteiger partial charge in [0.15, 0.2) is 0 Å². The van der Waals surface area contributed by atoms with Crippen LogP contribution >= 0.6 is 0 Å². The lowest BCUT2D eigenvalue weighted by atomic mass is 9.76. The molecule has 0 fully saturated rings. The fourth-order valence-electron chi connectivity index (χ4n) is 2.40. The standard InChI is InChI=1S/C16H32N2O3/c1-15(2,3)11(9-10-17)7-8-12(19)18-13(14(20)21)16(4,5)6/h11,13H,7-10,17H2,1-6H3,(H,18,19)(H,20,21). The molecule has 0 radical (unpaired) electrons. The van der Waals surface area contributed by atoms with Gasteiger partial charge in [0.25, 0.3) is 0 Å². The zero-order valence-corrected chi connectivity index (χ0v) is 14.3. The molecule has 0 spiro atoms. The molecule has 124 valence electrons. The quantitative estimate of drug-likeness (QED) is 0.673. The van der Waals surface area contributed by atoms with E-state index in [1.807, 2.05) is 0 Å². The van der Waals surface area contributed by atoms with Crippen molar-refractivity contribution in [3.8, 4) is 0 Å². The van der Waals surface area contributed by atoms with Crippen LogP contribution in [0.1, 0.15) is 60.8 Å². The molecule has 0 rings (SSSR count). The zero-order chi connectivity index (χ0) is 16.8. The van der Waals surface area contributed by atoms with E-state index in [4.69, 9.17) is 5.73 Å². The number of carbonyl (C=O) groups is 2. The number of hydrogen-bond acceptors (Lipinski definition) is 3. The van der Waals surface area contributed by atoms with E-state index >= 15 is 0 Å². The van der Waals surface area contributed by atoms with E-state index < -0.39 is 17.4 Å². The lowest BCUT2D eigenvalue weighted by Gasteiger charge is -2.31. The number of amides is 1. The molecule has 0 bridgehead atoms. The maximum atomic E-state index is 12.0. The number of nitrogens with two attached hydrogens (primary N) is 1. The largest absolute Gasteiger partial charge is 0.480 e. The second-order valence-electron chi connectivity index (χ2n) is 7.88. The van der Waals surface area contributed by atoms with Crippen molar-refractivity contribution >= 4 is 11.9 Å². The van der Waals surface area contributed by atoms with E-state index in [2.05, 4.69) is 26.1 Å². The van der Waals surface area contributed by atoms with Crippen LogP contribution in [0, 0.1) is 16.7 Å². The highest BCUT2D eigenvalue weighted by atomic mass is 16.4. The third-order valence-electron chi connectivity index (χ3n) is 3.88. The van der Waals surface area contributed by atoms with E-state index in [1.165, 1.54) is 0 Å². The van der Waals surface area contributed by atoms with Crippen molar-refractivity contribution in [3.05, 3.63) is 0 Å². The van der Waals surface area contributed by atoms with Gasteiger partial charge in [-0.1, -0.05) is 41.5 Å². The van der Waals surface area contributed by atoms with E-state index in [9.17, 15) is 14.7 Å². The molecule has 5 nitrogen and oxygen atoms in total. The number of nitrogens with one attached hydrogen (secondary N) is 1. The van der Waals surface area contributed by atoms with Crippen molar-refractivity contribution in [2.45, 2.75) is 66.8 Å². The molecule has 2 atom stereocenters. The molecule has 0 aliphatic heterocycles. The minimum absolute atomic E-state index is 0.0931. The molecule has 2 unspecified atom stereocenters. The van der Waals surface area contributed by atoms with Crippen LogP contribution in [-0.4, -0.2) is 29.6 Å². The summed E-state index contributed by atoms with van der Waals surface area (Å²) in [6.45, 7) is 12.4. The summed E-state index contributed by atoms with van der Waals surface area (Å²) in [7, 11) is 0. The molecule has 5 heteroatoms. The Morgan fingerprint density at radius 3 is 1.90 bits per heavy atom. The normalized spacial score (nSPS) is 15.4. The second-order valence-corrected chi connectivity index (χ2v) is 7.88. The van der Waals surface area contributed by atoms with E-state index in [0.717, 1.165) is 12.8 Å². The molecular formula is C16H32N2O3. The number of rotatable bonds is 7. The molecule has 0 aromatic carbocycles. The van der Waals surface area contributed by atoms with Gasteiger partial charge in [-0.25, -0.2) is 4.79 Å². The topological polar surface area (TPSA) is 92.4 Å². The van der Waals surface area contributed by atoms with Gasteiger partial charge in [-0.15, -0.1) is 0 Å². The Hall–Kier alpha value is -1.10. The van der Waals surface area contributed by atoms with Crippen LogP contribution in [0.25, 0.3) is 0 Å². The number of hydrogen-bond donors (Lipinski definition) is 3. The van der Waals surface area contributed by atoms with Gasteiger partial charge < -0.3 is 16.2 Å². The third kappa shape index (κ3) is 7.46. The Morgan fingerprint density at radius 2 is 1.57 bits per heavy atom. The smallest absolute Gasteiger partial charge is 0.326 e. The van der Waals surface area contributed by atoms with Crippen LogP contribution in [0.4, 0.5) is 0 Å². The number of aliphatic carboxylic acids is 1. The number of carboxylic acids is 1. The molecule has 0 aromatic rings. The Morgan fingerprint density at radius 1 is 1.05 bits per heavy atom. The van der Waals surface area contributed by atoms with Crippen molar-refractivity contribution in [1.29, 1.82) is 0 Å². The van der Waals surface area contributed by atoms with Crippen molar-refractivity contribution in [3.63, 3.8) is 0 Å².